The highest BCUT2D eigenvalue weighted by molar-refractivity contribution is 6.00. The van der Waals surface area contributed by atoms with E-state index in [1.165, 1.54) is 18.2 Å². The number of ether oxygens (including phenoxy) is 2. The van der Waals surface area contributed by atoms with Crippen molar-refractivity contribution in [3.05, 3.63) is 29.3 Å². The molecule has 0 aliphatic carbocycles. The third-order valence-electron chi connectivity index (χ3n) is 6.49. The van der Waals surface area contributed by atoms with E-state index < -0.39 is 35.6 Å². The van der Waals surface area contributed by atoms with E-state index in [2.05, 4.69) is 26.6 Å². The van der Waals surface area contributed by atoms with E-state index in [1.807, 2.05) is 0 Å². The molecule has 16 heteroatoms. The number of nitrogens with two attached hydrogens (primary N) is 4. The Hall–Kier alpha value is -3.99. The molecule has 13 N–H and O–H groups in total. The lowest BCUT2D eigenvalue weighted by Crippen LogP contribution is -2.43. The molecule has 2 atom stereocenters. The van der Waals surface area contributed by atoms with Crippen LogP contribution in [0, 0.1) is 0 Å². The average molecular weight is 666 g/mol. The Bertz CT molecular complexity index is 1140. The van der Waals surface area contributed by atoms with E-state index in [-0.39, 0.29) is 68.0 Å². The smallest absolute Gasteiger partial charge is 0.407 e. The molecule has 5 amide bonds. The lowest BCUT2D eigenvalue weighted by atomic mass is 10.1. The van der Waals surface area contributed by atoms with Crippen LogP contribution in [0.25, 0.3) is 0 Å². The molecule has 0 saturated carbocycles. The first-order chi connectivity index (χ1) is 22.3. The fourth-order valence-corrected chi connectivity index (χ4v) is 4.08. The van der Waals surface area contributed by atoms with Gasteiger partial charge in [0.2, 0.25) is 11.8 Å². The largest absolute Gasteiger partial charge is 0.492 e. The van der Waals surface area contributed by atoms with Gasteiger partial charge in [0.25, 0.3) is 11.8 Å². The maximum atomic E-state index is 12.9. The minimum Gasteiger partial charge on any atom is -0.492 e. The SMILES string of the molecule is CC(C)(C)OC(=O)NCCCCC(N)C(=O)NCCNC(=O)c1cc(OCCN)cc(C(=O)NCCNC(=O)[C@@H](N)CCCCN)c1. The zero-order chi connectivity index (χ0) is 35.2. The van der Waals surface area contributed by atoms with Crippen LogP contribution < -0.4 is 54.3 Å². The number of hydrogen-bond acceptors (Lipinski definition) is 11. The molecule has 0 aliphatic rings. The number of hydrogen-bond donors (Lipinski definition) is 9. The molecule has 266 valence electrons. The predicted molar refractivity (Wildman–Crippen MR) is 179 cm³/mol. The lowest BCUT2D eigenvalue weighted by molar-refractivity contribution is -0.123. The molecule has 0 spiro atoms. The molecular formula is C31H55N9O7. The van der Waals surface area contributed by atoms with Crippen LogP contribution in [0.1, 0.15) is 80.0 Å². The fourth-order valence-electron chi connectivity index (χ4n) is 4.08. The Morgan fingerprint density at radius 1 is 0.660 bits per heavy atom. The van der Waals surface area contributed by atoms with Gasteiger partial charge in [-0.25, -0.2) is 4.79 Å². The number of nitrogens with one attached hydrogen (secondary N) is 5. The highest BCUT2D eigenvalue weighted by Crippen LogP contribution is 2.18. The third kappa shape index (κ3) is 18.7. The molecule has 47 heavy (non-hydrogen) atoms. The first kappa shape index (κ1) is 41.0. The van der Waals surface area contributed by atoms with Crippen LogP contribution in [0.3, 0.4) is 0 Å². The van der Waals surface area contributed by atoms with E-state index in [1.54, 1.807) is 20.8 Å². The molecule has 16 nitrogen and oxygen atoms in total. The number of carbonyl (C=O) groups excluding carboxylic acids is 5. The van der Waals surface area contributed by atoms with Crippen LogP contribution in [0.5, 0.6) is 5.75 Å². The topological polar surface area (TPSA) is 268 Å². The van der Waals surface area contributed by atoms with E-state index in [4.69, 9.17) is 32.4 Å². The predicted octanol–water partition coefficient (Wildman–Crippen LogP) is -0.805. The quantitative estimate of drug-likeness (QED) is 0.0692. The number of rotatable bonds is 22. The molecular weight excluding hydrogens is 610 g/mol. The summed E-state index contributed by atoms with van der Waals surface area (Å²) in [5, 5.41) is 13.4. The second kappa shape index (κ2) is 22.5. The molecule has 1 aromatic rings. The Morgan fingerprint density at radius 2 is 1.15 bits per heavy atom. The second-order valence-electron chi connectivity index (χ2n) is 11.9. The summed E-state index contributed by atoms with van der Waals surface area (Å²) >= 11 is 0. The normalized spacial score (nSPS) is 12.3. The van der Waals surface area contributed by atoms with E-state index >= 15 is 0 Å². The Balaban J connectivity index is 2.52. The van der Waals surface area contributed by atoms with Crippen molar-refractivity contribution in [1.29, 1.82) is 0 Å². The minimum absolute atomic E-state index is 0.112. The Morgan fingerprint density at radius 3 is 1.62 bits per heavy atom. The number of carbonyl (C=O) groups is 5. The Kier molecular flexibility index (Phi) is 19.7. The lowest BCUT2D eigenvalue weighted by Gasteiger charge is -2.19. The van der Waals surface area contributed by atoms with Crippen LogP contribution in [0.15, 0.2) is 18.2 Å². The summed E-state index contributed by atoms with van der Waals surface area (Å²) < 4.78 is 10.7. The molecule has 0 aromatic heterocycles. The molecule has 1 unspecified atom stereocenters. The molecule has 0 saturated heterocycles. The van der Waals surface area contributed by atoms with Gasteiger partial charge in [0, 0.05) is 50.4 Å². The fraction of sp³-hybridized carbons (Fsp3) is 0.645. The summed E-state index contributed by atoms with van der Waals surface area (Å²) in [6.07, 6.45) is 3.24. The molecule has 0 fully saturated rings. The van der Waals surface area contributed by atoms with Crippen molar-refractivity contribution in [2.45, 2.75) is 77.0 Å². The van der Waals surface area contributed by atoms with Gasteiger partial charge in [-0.1, -0.05) is 6.42 Å². The number of benzene rings is 1. The molecule has 0 heterocycles. The van der Waals surface area contributed by atoms with Gasteiger partial charge in [-0.15, -0.1) is 0 Å². The number of alkyl carbamates (subject to hydrolysis) is 1. The monoisotopic (exact) mass is 665 g/mol. The van der Waals surface area contributed by atoms with Gasteiger partial charge in [0.1, 0.15) is 18.0 Å². The van der Waals surface area contributed by atoms with Crippen molar-refractivity contribution in [2.24, 2.45) is 22.9 Å². The van der Waals surface area contributed by atoms with Gasteiger partial charge in [0.15, 0.2) is 0 Å². The maximum absolute atomic E-state index is 12.9. The standard InChI is InChI=1S/C31H55N9O7/c1-31(2,3)47-30(45)40-12-7-5-9-25(35)29(44)39-16-14-37-27(42)22-18-21(19-23(20-22)46-17-11-33)26(41)36-13-15-38-28(43)24(34)8-4-6-10-32/h18-20,24-25H,4-17,32-35H2,1-3H3,(H,36,41)(H,37,42)(H,38,43)(H,39,44)(H,40,45)/t24-,25?/m0/s1. The van der Waals surface area contributed by atoms with E-state index in [0.29, 0.717) is 38.8 Å². The van der Waals surface area contributed by atoms with Gasteiger partial charge in [0.05, 0.1) is 12.1 Å². The van der Waals surface area contributed by atoms with Gasteiger partial charge in [-0.3, -0.25) is 19.2 Å². The summed E-state index contributed by atoms with van der Waals surface area (Å²) in [5.74, 6) is -1.34. The molecule has 0 bridgehead atoms. The van der Waals surface area contributed by atoms with Crippen molar-refractivity contribution < 1.29 is 33.4 Å². The summed E-state index contributed by atoms with van der Waals surface area (Å²) in [5.41, 5.74) is 22.6. The molecule has 0 aliphatic heterocycles. The van der Waals surface area contributed by atoms with E-state index in [9.17, 15) is 24.0 Å². The molecule has 1 rings (SSSR count). The molecule has 1 aromatic carbocycles. The summed E-state index contributed by atoms with van der Waals surface area (Å²) in [6.45, 7) is 7.25. The Labute approximate surface area is 277 Å². The average Bonchev–Trinajstić information content (AvgIpc) is 3.02. The van der Waals surface area contributed by atoms with Crippen molar-refractivity contribution in [3.8, 4) is 5.75 Å². The zero-order valence-corrected chi connectivity index (χ0v) is 28.0. The zero-order valence-electron chi connectivity index (χ0n) is 28.0. The highest BCUT2D eigenvalue weighted by Gasteiger charge is 2.18. The van der Waals surface area contributed by atoms with Crippen LogP contribution in [-0.2, 0) is 14.3 Å². The van der Waals surface area contributed by atoms with Crippen molar-refractivity contribution >= 4 is 29.7 Å². The van der Waals surface area contributed by atoms with Crippen LogP contribution in [0.2, 0.25) is 0 Å². The summed E-state index contributed by atoms with van der Waals surface area (Å²) in [4.78, 5) is 61.8. The highest BCUT2D eigenvalue weighted by atomic mass is 16.6. The summed E-state index contributed by atoms with van der Waals surface area (Å²) in [6, 6.07) is 3.00. The first-order valence-corrected chi connectivity index (χ1v) is 16.0. The second-order valence-corrected chi connectivity index (χ2v) is 11.9. The third-order valence-corrected chi connectivity index (χ3v) is 6.49. The molecule has 0 radical (unpaired) electrons. The van der Waals surface area contributed by atoms with Gasteiger partial charge >= 0.3 is 6.09 Å². The maximum Gasteiger partial charge on any atom is 0.407 e. The summed E-state index contributed by atoms with van der Waals surface area (Å²) in [7, 11) is 0. The van der Waals surface area contributed by atoms with Gasteiger partial charge in [-0.2, -0.15) is 0 Å². The number of amides is 5. The van der Waals surface area contributed by atoms with Crippen LogP contribution in [0.4, 0.5) is 4.79 Å². The van der Waals surface area contributed by atoms with Gasteiger partial charge in [-0.05, 0) is 77.6 Å². The van der Waals surface area contributed by atoms with Gasteiger partial charge < -0.3 is 59.0 Å². The van der Waals surface area contributed by atoms with Crippen molar-refractivity contribution in [1.82, 2.24) is 26.6 Å². The van der Waals surface area contributed by atoms with Crippen molar-refractivity contribution in [2.75, 3.05) is 52.4 Å². The minimum atomic E-state index is -0.740. The van der Waals surface area contributed by atoms with Crippen molar-refractivity contribution in [3.63, 3.8) is 0 Å². The van der Waals surface area contributed by atoms with E-state index in [0.717, 1.165) is 12.8 Å². The van der Waals surface area contributed by atoms with Crippen LogP contribution in [-0.4, -0.2) is 99.8 Å². The first-order valence-electron chi connectivity index (χ1n) is 16.0. The van der Waals surface area contributed by atoms with Crippen LogP contribution >= 0.6 is 0 Å². The number of unbranched alkanes of at least 4 members (excludes halogenated alkanes) is 2.